The van der Waals surface area contributed by atoms with Gasteiger partial charge in [-0.25, -0.2) is 0 Å². The molecule has 1 saturated heterocycles. The predicted octanol–water partition coefficient (Wildman–Crippen LogP) is 5.48. The molecule has 0 aliphatic carbocycles. The number of anilines is 1. The standard InChI is InChI=1S/C25H32N2O2/c1-16(2)21-12-9-13-22(17(3)4)24(21)26-25(29)20-14-23(28)27(15-20)18(5)19-10-7-6-8-11-19/h6-13,16-18,20H,14-15H2,1-5H3,(H,26,29)/t18-,20+/m0/s1. The summed E-state index contributed by atoms with van der Waals surface area (Å²) in [6, 6.07) is 16.2. The molecule has 0 aromatic heterocycles. The molecule has 29 heavy (non-hydrogen) atoms. The van der Waals surface area contributed by atoms with Crippen LogP contribution in [0.2, 0.25) is 0 Å². The molecule has 0 bridgehead atoms. The van der Waals surface area contributed by atoms with Gasteiger partial charge in [-0.15, -0.1) is 0 Å². The van der Waals surface area contributed by atoms with Gasteiger partial charge in [0.05, 0.1) is 12.0 Å². The summed E-state index contributed by atoms with van der Waals surface area (Å²) in [5.74, 6) is 0.278. The van der Waals surface area contributed by atoms with E-state index in [2.05, 4.69) is 51.2 Å². The zero-order valence-electron chi connectivity index (χ0n) is 18.1. The van der Waals surface area contributed by atoms with Crippen molar-refractivity contribution in [1.82, 2.24) is 4.90 Å². The van der Waals surface area contributed by atoms with Crippen molar-refractivity contribution in [1.29, 1.82) is 0 Å². The molecular weight excluding hydrogens is 360 g/mol. The number of amides is 2. The molecule has 0 unspecified atom stereocenters. The summed E-state index contributed by atoms with van der Waals surface area (Å²) in [5, 5.41) is 3.19. The van der Waals surface area contributed by atoms with Crippen molar-refractivity contribution in [3.63, 3.8) is 0 Å². The molecular formula is C25H32N2O2. The van der Waals surface area contributed by atoms with Gasteiger partial charge in [0.2, 0.25) is 11.8 Å². The Morgan fingerprint density at radius 2 is 1.52 bits per heavy atom. The Morgan fingerprint density at radius 3 is 2.07 bits per heavy atom. The van der Waals surface area contributed by atoms with Gasteiger partial charge in [-0.3, -0.25) is 9.59 Å². The third-order valence-corrected chi connectivity index (χ3v) is 5.90. The maximum absolute atomic E-state index is 13.1. The third-order valence-electron chi connectivity index (χ3n) is 5.90. The summed E-state index contributed by atoms with van der Waals surface area (Å²) in [4.78, 5) is 27.6. The van der Waals surface area contributed by atoms with Gasteiger partial charge in [0, 0.05) is 18.7 Å². The monoisotopic (exact) mass is 392 g/mol. The zero-order valence-corrected chi connectivity index (χ0v) is 18.1. The topological polar surface area (TPSA) is 49.4 Å². The smallest absolute Gasteiger partial charge is 0.229 e. The number of carbonyl (C=O) groups excluding carboxylic acids is 2. The Morgan fingerprint density at radius 1 is 0.931 bits per heavy atom. The lowest BCUT2D eigenvalue weighted by atomic mass is 9.92. The average molecular weight is 393 g/mol. The Labute approximate surface area is 174 Å². The van der Waals surface area contributed by atoms with Crippen molar-refractivity contribution in [2.75, 3.05) is 11.9 Å². The lowest BCUT2D eigenvalue weighted by molar-refractivity contribution is -0.129. The average Bonchev–Trinajstić information content (AvgIpc) is 3.09. The van der Waals surface area contributed by atoms with Crippen molar-refractivity contribution in [2.24, 2.45) is 5.92 Å². The first-order chi connectivity index (χ1) is 13.8. The number of carbonyl (C=O) groups is 2. The molecule has 2 aromatic carbocycles. The van der Waals surface area contributed by atoms with Gasteiger partial charge in [0.1, 0.15) is 0 Å². The summed E-state index contributed by atoms with van der Waals surface area (Å²) in [7, 11) is 0. The number of nitrogens with one attached hydrogen (secondary N) is 1. The highest BCUT2D eigenvalue weighted by molar-refractivity contribution is 5.98. The van der Waals surface area contributed by atoms with E-state index >= 15 is 0 Å². The van der Waals surface area contributed by atoms with Gasteiger partial charge in [0.15, 0.2) is 0 Å². The van der Waals surface area contributed by atoms with Gasteiger partial charge in [-0.2, -0.15) is 0 Å². The SMILES string of the molecule is CC(C)c1cccc(C(C)C)c1NC(=O)[C@@H]1CC(=O)N([C@@H](C)c2ccccc2)C1. The highest BCUT2D eigenvalue weighted by atomic mass is 16.2. The molecule has 1 heterocycles. The molecule has 1 aliphatic heterocycles. The fourth-order valence-corrected chi connectivity index (χ4v) is 4.11. The second kappa shape index (κ2) is 8.81. The first-order valence-electron chi connectivity index (χ1n) is 10.6. The molecule has 0 radical (unpaired) electrons. The lowest BCUT2D eigenvalue weighted by Gasteiger charge is -2.25. The van der Waals surface area contributed by atoms with Crippen molar-refractivity contribution in [3.05, 3.63) is 65.2 Å². The molecule has 154 valence electrons. The maximum Gasteiger partial charge on any atom is 0.229 e. The Kier molecular flexibility index (Phi) is 6.41. The number of para-hydroxylation sites is 1. The minimum Gasteiger partial charge on any atom is -0.335 e. The van der Waals surface area contributed by atoms with Gasteiger partial charge in [-0.05, 0) is 35.4 Å². The molecule has 1 aliphatic rings. The van der Waals surface area contributed by atoms with E-state index in [-0.39, 0.29) is 30.2 Å². The van der Waals surface area contributed by atoms with E-state index in [4.69, 9.17) is 0 Å². The van der Waals surface area contributed by atoms with Crippen LogP contribution in [0.3, 0.4) is 0 Å². The minimum atomic E-state index is -0.325. The number of benzene rings is 2. The minimum absolute atomic E-state index is 0.0318. The first kappa shape index (κ1) is 21.1. The van der Waals surface area contributed by atoms with Crippen LogP contribution < -0.4 is 5.32 Å². The number of hydrogen-bond acceptors (Lipinski definition) is 2. The summed E-state index contributed by atoms with van der Waals surface area (Å²) in [5.41, 5.74) is 4.30. The van der Waals surface area contributed by atoms with Crippen LogP contribution >= 0.6 is 0 Å². The fraction of sp³-hybridized carbons (Fsp3) is 0.440. The molecule has 4 heteroatoms. The van der Waals surface area contributed by atoms with Crippen LogP contribution in [-0.2, 0) is 9.59 Å². The fourth-order valence-electron chi connectivity index (χ4n) is 4.11. The van der Waals surface area contributed by atoms with Crippen molar-refractivity contribution >= 4 is 17.5 Å². The van der Waals surface area contributed by atoms with E-state index in [0.717, 1.165) is 22.4 Å². The van der Waals surface area contributed by atoms with Crippen molar-refractivity contribution in [2.45, 2.75) is 58.9 Å². The molecule has 0 saturated carbocycles. The van der Waals surface area contributed by atoms with Crippen LogP contribution in [0.5, 0.6) is 0 Å². The Bertz CT molecular complexity index is 847. The van der Waals surface area contributed by atoms with E-state index in [1.165, 1.54) is 0 Å². The number of likely N-dealkylation sites (tertiary alicyclic amines) is 1. The zero-order chi connectivity index (χ0) is 21.1. The second-order valence-electron chi connectivity index (χ2n) is 8.64. The van der Waals surface area contributed by atoms with Crippen LogP contribution in [0.1, 0.15) is 75.6 Å². The number of hydrogen-bond donors (Lipinski definition) is 1. The van der Waals surface area contributed by atoms with Crippen molar-refractivity contribution < 1.29 is 9.59 Å². The van der Waals surface area contributed by atoms with Gasteiger partial charge in [0.25, 0.3) is 0 Å². The van der Waals surface area contributed by atoms with E-state index in [1.54, 1.807) is 0 Å². The number of rotatable bonds is 6. The quantitative estimate of drug-likeness (QED) is 0.707. The molecule has 2 amide bonds. The van der Waals surface area contributed by atoms with Gasteiger partial charge < -0.3 is 10.2 Å². The molecule has 2 atom stereocenters. The van der Waals surface area contributed by atoms with Crippen LogP contribution in [0.25, 0.3) is 0 Å². The first-order valence-corrected chi connectivity index (χ1v) is 10.6. The maximum atomic E-state index is 13.1. The van der Waals surface area contributed by atoms with Crippen LogP contribution in [0.4, 0.5) is 5.69 Å². The Balaban J connectivity index is 1.78. The summed E-state index contributed by atoms with van der Waals surface area (Å²) >= 11 is 0. The Hall–Kier alpha value is -2.62. The second-order valence-corrected chi connectivity index (χ2v) is 8.64. The molecule has 1 N–H and O–H groups in total. The molecule has 1 fully saturated rings. The molecule has 3 rings (SSSR count). The molecule has 4 nitrogen and oxygen atoms in total. The lowest BCUT2D eigenvalue weighted by Crippen LogP contribution is -2.31. The van der Waals surface area contributed by atoms with Crippen molar-refractivity contribution in [3.8, 4) is 0 Å². The van der Waals surface area contributed by atoms with E-state index in [0.29, 0.717) is 18.4 Å². The summed E-state index contributed by atoms with van der Waals surface area (Å²) in [6.07, 6.45) is 0.268. The van der Waals surface area contributed by atoms with Crippen LogP contribution in [0, 0.1) is 5.92 Å². The normalized spacial score (nSPS) is 17.8. The largest absolute Gasteiger partial charge is 0.335 e. The third kappa shape index (κ3) is 4.52. The number of nitrogens with zero attached hydrogens (tertiary/aromatic N) is 1. The predicted molar refractivity (Wildman–Crippen MR) is 118 cm³/mol. The van der Waals surface area contributed by atoms with E-state index in [9.17, 15) is 9.59 Å². The van der Waals surface area contributed by atoms with E-state index < -0.39 is 0 Å². The molecule has 2 aromatic rings. The van der Waals surface area contributed by atoms with Crippen LogP contribution in [-0.4, -0.2) is 23.3 Å². The van der Waals surface area contributed by atoms with E-state index in [1.807, 2.05) is 42.2 Å². The summed E-state index contributed by atoms with van der Waals surface area (Å²) in [6.45, 7) is 11.0. The summed E-state index contributed by atoms with van der Waals surface area (Å²) < 4.78 is 0. The molecule has 0 spiro atoms. The van der Waals surface area contributed by atoms with Crippen LogP contribution in [0.15, 0.2) is 48.5 Å². The van der Waals surface area contributed by atoms with Gasteiger partial charge >= 0.3 is 0 Å². The highest BCUT2D eigenvalue weighted by Crippen LogP contribution is 2.34. The van der Waals surface area contributed by atoms with Gasteiger partial charge in [-0.1, -0.05) is 76.2 Å². The highest BCUT2D eigenvalue weighted by Gasteiger charge is 2.37.